The molecule has 1 aliphatic rings. The van der Waals surface area contributed by atoms with Crippen molar-refractivity contribution in [2.75, 3.05) is 20.1 Å². The van der Waals surface area contributed by atoms with Crippen molar-refractivity contribution >= 4 is 5.91 Å². The van der Waals surface area contributed by atoms with Crippen LogP contribution in [0.3, 0.4) is 0 Å². The van der Waals surface area contributed by atoms with Gasteiger partial charge in [0.2, 0.25) is 5.56 Å². The van der Waals surface area contributed by atoms with E-state index in [1.165, 1.54) is 25.1 Å². The lowest BCUT2D eigenvalue weighted by Crippen LogP contribution is -2.44. The molecule has 2 heterocycles. The standard InChI is InChI=1S/C13H19N3O2/c1-16(9-11-4-2-3-7-14-11)13(18)10-5-6-12(17)15-8-10/h5-6,8,11,14H,2-4,7,9H2,1H3,(H,15,17). The first kappa shape index (κ1) is 12.8. The smallest absolute Gasteiger partial charge is 0.255 e. The minimum absolute atomic E-state index is 0.0568. The van der Waals surface area contributed by atoms with Gasteiger partial charge in [-0.1, -0.05) is 6.42 Å². The topological polar surface area (TPSA) is 65.2 Å². The third kappa shape index (κ3) is 3.20. The molecule has 1 aromatic rings. The maximum Gasteiger partial charge on any atom is 0.255 e. The number of piperidine rings is 1. The van der Waals surface area contributed by atoms with Crippen LogP contribution in [-0.2, 0) is 0 Å². The van der Waals surface area contributed by atoms with Crippen LogP contribution in [0, 0.1) is 0 Å². The Hall–Kier alpha value is -1.62. The van der Waals surface area contributed by atoms with Gasteiger partial charge in [-0.25, -0.2) is 0 Å². The SMILES string of the molecule is CN(CC1CCCCN1)C(=O)c1ccc(=O)[nH]c1. The Balaban J connectivity index is 1.95. The highest BCUT2D eigenvalue weighted by Crippen LogP contribution is 2.09. The van der Waals surface area contributed by atoms with Gasteiger partial charge in [0.15, 0.2) is 0 Å². The van der Waals surface area contributed by atoms with Gasteiger partial charge in [0.25, 0.3) is 5.91 Å². The van der Waals surface area contributed by atoms with E-state index in [9.17, 15) is 9.59 Å². The molecule has 98 valence electrons. The summed E-state index contributed by atoms with van der Waals surface area (Å²) < 4.78 is 0. The Morgan fingerprint density at radius 3 is 2.89 bits per heavy atom. The molecule has 1 fully saturated rings. The molecular weight excluding hydrogens is 230 g/mol. The van der Waals surface area contributed by atoms with Crippen LogP contribution in [0.1, 0.15) is 29.6 Å². The van der Waals surface area contributed by atoms with Gasteiger partial charge in [-0.15, -0.1) is 0 Å². The van der Waals surface area contributed by atoms with Gasteiger partial charge in [0, 0.05) is 31.9 Å². The molecule has 18 heavy (non-hydrogen) atoms. The number of hydrogen-bond acceptors (Lipinski definition) is 3. The number of aromatic amines is 1. The molecule has 2 rings (SSSR count). The molecule has 5 heteroatoms. The Labute approximate surface area is 106 Å². The highest BCUT2D eigenvalue weighted by Gasteiger charge is 2.18. The van der Waals surface area contributed by atoms with Gasteiger partial charge in [-0.05, 0) is 25.5 Å². The summed E-state index contributed by atoms with van der Waals surface area (Å²) in [6, 6.07) is 3.32. The van der Waals surface area contributed by atoms with Gasteiger partial charge >= 0.3 is 0 Å². The number of carbonyl (C=O) groups is 1. The van der Waals surface area contributed by atoms with E-state index in [0.717, 1.165) is 13.0 Å². The number of likely N-dealkylation sites (N-methyl/N-ethyl adjacent to an activating group) is 1. The molecule has 1 amide bonds. The average Bonchev–Trinajstić information content (AvgIpc) is 2.40. The van der Waals surface area contributed by atoms with Gasteiger partial charge in [0.1, 0.15) is 0 Å². The van der Waals surface area contributed by atoms with Crippen molar-refractivity contribution in [1.29, 1.82) is 0 Å². The van der Waals surface area contributed by atoms with Crippen LogP contribution in [0.25, 0.3) is 0 Å². The molecule has 2 N–H and O–H groups in total. The molecule has 1 saturated heterocycles. The predicted octanol–water partition coefficient (Wildman–Crippen LogP) is 0.589. The third-order valence-electron chi connectivity index (χ3n) is 3.28. The number of amides is 1. The molecule has 0 aromatic carbocycles. The maximum absolute atomic E-state index is 12.1. The Bertz CT molecular complexity index is 443. The van der Waals surface area contributed by atoms with E-state index in [2.05, 4.69) is 10.3 Å². The van der Waals surface area contributed by atoms with Crippen molar-refractivity contribution in [2.24, 2.45) is 0 Å². The molecule has 0 saturated carbocycles. The van der Waals surface area contributed by atoms with Crippen molar-refractivity contribution in [3.63, 3.8) is 0 Å². The minimum atomic E-state index is -0.192. The number of aromatic nitrogens is 1. The fourth-order valence-corrected chi connectivity index (χ4v) is 2.26. The number of nitrogens with one attached hydrogen (secondary N) is 2. The largest absolute Gasteiger partial charge is 0.340 e. The van der Waals surface area contributed by atoms with E-state index in [-0.39, 0.29) is 11.5 Å². The predicted molar refractivity (Wildman–Crippen MR) is 69.7 cm³/mol. The first-order chi connectivity index (χ1) is 8.66. The van der Waals surface area contributed by atoms with Crippen molar-refractivity contribution in [3.8, 4) is 0 Å². The molecule has 0 radical (unpaired) electrons. The highest BCUT2D eigenvalue weighted by atomic mass is 16.2. The molecule has 0 aliphatic carbocycles. The Morgan fingerprint density at radius 2 is 2.28 bits per heavy atom. The monoisotopic (exact) mass is 249 g/mol. The van der Waals surface area contributed by atoms with Crippen LogP contribution < -0.4 is 10.9 Å². The number of H-pyrrole nitrogens is 1. The second-order valence-electron chi connectivity index (χ2n) is 4.77. The van der Waals surface area contributed by atoms with Crippen molar-refractivity contribution < 1.29 is 4.79 Å². The summed E-state index contributed by atoms with van der Waals surface area (Å²) in [5.74, 6) is -0.0568. The molecule has 1 unspecified atom stereocenters. The van der Waals surface area contributed by atoms with Crippen LogP contribution in [0.2, 0.25) is 0 Å². The zero-order valence-corrected chi connectivity index (χ0v) is 10.6. The fraction of sp³-hybridized carbons (Fsp3) is 0.538. The molecule has 5 nitrogen and oxygen atoms in total. The number of nitrogens with zero attached hydrogens (tertiary/aromatic N) is 1. The summed E-state index contributed by atoms with van der Waals surface area (Å²) in [6.07, 6.45) is 5.02. The lowest BCUT2D eigenvalue weighted by molar-refractivity contribution is 0.0775. The first-order valence-electron chi connectivity index (χ1n) is 6.34. The summed E-state index contributed by atoms with van der Waals surface area (Å²) in [5, 5.41) is 3.41. The molecule has 1 aliphatic heterocycles. The Morgan fingerprint density at radius 1 is 1.44 bits per heavy atom. The quantitative estimate of drug-likeness (QED) is 0.824. The van der Waals surface area contributed by atoms with Gasteiger partial charge in [-0.2, -0.15) is 0 Å². The lowest BCUT2D eigenvalue weighted by atomic mass is 10.0. The number of carbonyl (C=O) groups excluding carboxylic acids is 1. The van der Waals surface area contributed by atoms with Crippen LogP contribution in [0.5, 0.6) is 0 Å². The maximum atomic E-state index is 12.1. The lowest BCUT2D eigenvalue weighted by Gasteiger charge is -2.28. The zero-order valence-electron chi connectivity index (χ0n) is 10.6. The molecule has 1 aromatic heterocycles. The fourth-order valence-electron chi connectivity index (χ4n) is 2.26. The van der Waals surface area contributed by atoms with E-state index < -0.39 is 0 Å². The van der Waals surface area contributed by atoms with E-state index in [1.807, 2.05) is 0 Å². The van der Waals surface area contributed by atoms with Gasteiger partial charge in [0.05, 0.1) is 5.56 Å². The van der Waals surface area contributed by atoms with Gasteiger partial charge < -0.3 is 15.2 Å². The summed E-state index contributed by atoms with van der Waals surface area (Å²) in [4.78, 5) is 27.3. The van der Waals surface area contributed by atoms with E-state index >= 15 is 0 Å². The molecule has 1 atom stereocenters. The van der Waals surface area contributed by atoms with Crippen molar-refractivity contribution in [3.05, 3.63) is 34.2 Å². The minimum Gasteiger partial charge on any atom is -0.340 e. The van der Waals surface area contributed by atoms with E-state index in [0.29, 0.717) is 18.2 Å². The van der Waals surface area contributed by atoms with Crippen molar-refractivity contribution in [1.82, 2.24) is 15.2 Å². The van der Waals surface area contributed by atoms with Crippen molar-refractivity contribution in [2.45, 2.75) is 25.3 Å². The highest BCUT2D eigenvalue weighted by molar-refractivity contribution is 5.93. The zero-order chi connectivity index (χ0) is 13.0. The summed E-state index contributed by atoms with van der Waals surface area (Å²) in [6.45, 7) is 1.74. The summed E-state index contributed by atoms with van der Waals surface area (Å²) in [5.41, 5.74) is 0.330. The third-order valence-corrected chi connectivity index (χ3v) is 3.28. The van der Waals surface area contributed by atoms with Crippen LogP contribution >= 0.6 is 0 Å². The molecular formula is C13H19N3O2. The average molecular weight is 249 g/mol. The number of rotatable bonds is 3. The number of hydrogen-bond donors (Lipinski definition) is 2. The number of pyridine rings is 1. The van der Waals surface area contributed by atoms with Crippen LogP contribution in [-0.4, -0.2) is 42.0 Å². The first-order valence-corrected chi connectivity index (χ1v) is 6.34. The Kier molecular flexibility index (Phi) is 4.15. The molecule has 0 bridgehead atoms. The van der Waals surface area contributed by atoms with Crippen LogP contribution in [0.4, 0.5) is 0 Å². The molecule has 0 spiro atoms. The summed E-state index contributed by atoms with van der Waals surface area (Å²) in [7, 11) is 1.80. The second-order valence-corrected chi connectivity index (χ2v) is 4.77. The second kappa shape index (κ2) is 5.82. The van der Waals surface area contributed by atoms with E-state index in [4.69, 9.17) is 0 Å². The van der Waals surface area contributed by atoms with Crippen LogP contribution in [0.15, 0.2) is 23.1 Å². The van der Waals surface area contributed by atoms with E-state index in [1.54, 1.807) is 18.0 Å². The normalized spacial score (nSPS) is 19.5. The summed E-state index contributed by atoms with van der Waals surface area (Å²) >= 11 is 0. The van der Waals surface area contributed by atoms with Gasteiger partial charge in [-0.3, -0.25) is 9.59 Å².